The van der Waals surface area contributed by atoms with Crippen molar-refractivity contribution in [2.75, 3.05) is 6.61 Å². The topological polar surface area (TPSA) is 61.5 Å². The highest BCUT2D eigenvalue weighted by atomic mass is 79.9. The predicted octanol–water partition coefficient (Wildman–Crippen LogP) is 8.91. The van der Waals surface area contributed by atoms with Gasteiger partial charge < -0.3 is 15.2 Å². The molecular weight excluding hydrogens is 576 g/mol. The van der Waals surface area contributed by atoms with Crippen molar-refractivity contribution in [2.45, 2.75) is 46.7 Å². The zero-order valence-electron chi connectivity index (χ0n) is 23.4. The zero-order valence-corrected chi connectivity index (χ0v) is 24.9. The molecule has 0 spiro atoms. The number of carbonyl (C=O) groups is 1. The van der Waals surface area contributed by atoms with Gasteiger partial charge in [-0.05, 0) is 108 Å². The Labute approximate surface area is 243 Å². The standard InChI is InChI=1S/C33H34BrF2NO3/c1-7-26(33(38)21(4)15-25-17-31(39-18-22(5)35)27(34)16-19(25)2)32(37)23(6)24-12-13-29(20(3)14-24)40-30-11-9-8-10-28(30)36/h7-17,22-23H,1,18,37H2,2-6H3/b21-15+,32-26-. The van der Waals surface area contributed by atoms with Crippen molar-refractivity contribution in [2.24, 2.45) is 5.73 Å². The van der Waals surface area contributed by atoms with Crippen molar-refractivity contribution in [1.82, 2.24) is 0 Å². The summed E-state index contributed by atoms with van der Waals surface area (Å²) in [5.41, 5.74) is 11.0. The Morgan fingerprint density at radius 2 is 1.75 bits per heavy atom. The van der Waals surface area contributed by atoms with E-state index >= 15 is 0 Å². The summed E-state index contributed by atoms with van der Waals surface area (Å²) >= 11 is 3.45. The van der Waals surface area contributed by atoms with Crippen LogP contribution in [0.5, 0.6) is 17.2 Å². The molecule has 40 heavy (non-hydrogen) atoms. The van der Waals surface area contributed by atoms with Crippen LogP contribution in [0.25, 0.3) is 6.08 Å². The summed E-state index contributed by atoms with van der Waals surface area (Å²) in [6.45, 7) is 12.6. The minimum Gasteiger partial charge on any atom is -0.489 e. The van der Waals surface area contributed by atoms with Crippen molar-refractivity contribution in [1.29, 1.82) is 0 Å². The van der Waals surface area contributed by atoms with Gasteiger partial charge in [0.15, 0.2) is 17.3 Å². The molecule has 4 nitrogen and oxygen atoms in total. The fourth-order valence-electron chi connectivity index (χ4n) is 4.11. The lowest BCUT2D eigenvalue weighted by molar-refractivity contribution is -0.111. The van der Waals surface area contributed by atoms with Crippen LogP contribution < -0.4 is 15.2 Å². The number of benzene rings is 3. The number of ether oxygens (including phenoxy) is 2. The highest BCUT2D eigenvalue weighted by Gasteiger charge is 2.20. The molecule has 7 heteroatoms. The summed E-state index contributed by atoms with van der Waals surface area (Å²) in [5.74, 6) is 0.161. The van der Waals surface area contributed by atoms with Gasteiger partial charge in [-0.25, -0.2) is 8.78 Å². The molecule has 0 aromatic heterocycles. The third-order valence-electron chi connectivity index (χ3n) is 6.50. The van der Waals surface area contributed by atoms with Crippen LogP contribution in [0.2, 0.25) is 0 Å². The van der Waals surface area contributed by atoms with Crippen LogP contribution in [0.3, 0.4) is 0 Å². The Morgan fingerprint density at radius 3 is 2.38 bits per heavy atom. The molecule has 3 rings (SSSR count). The number of allylic oxidation sites excluding steroid dienone is 4. The van der Waals surface area contributed by atoms with E-state index in [4.69, 9.17) is 15.2 Å². The third-order valence-corrected chi connectivity index (χ3v) is 7.12. The Morgan fingerprint density at radius 1 is 1.05 bits per heavy atom. The van der Waals surface area contributed by atoms with E-state index in [1.165, 1.54) is 19.1 Å². The molecule has 0 bridgehead atoms. The van der Waals surface area contributed by atoms with Crippen LogP contribution in [-0.4, -0.2) is 18.6 Å². The van der Waals surface area contributed by atoms with Gasteiger partial charge in [-0.3, -0.25) is 4.79 Å². The number of rotatable bonds is 11. The molecule has 0 aliphatic heterocycles. The Kier molecular flexibility index (Phi) is 10.5. The molecule has 2 atom stereocenters. The number of ketones is 1. The second-order valence-corrected chi connectivity index (χ2v) is 10.6. The largest absolute Gasteiger partial charge is 0.489 e. The maximum atomic E-state index is 14.0. The summed E-state index contributed by atoms with van der Waals surface area (Å²) in [6, 6.07) is 15.4. The monoisotopic (exact) mass is 609 g/mol. The molecule has 0 aliphatic carbocycles. The molecular formula is C33H34BrF2NO3. The fraction of sp³-hybridized carbons (Fsp3) is 0.242. The van der Waals surface area contributed by atoms with Crippen LogP contribution in [0.15, 0.2) is 88.6 Å². The summed E-state index contributed by atoms with van der Waals surface area (Å²) in [4.78, 5) is 13.5. The minimum atomic E-state index is -1.11. The van der Waals surface area contributed by atoms with E-state index in [9.17, 15) is 13.6 Å². The predicted molar refractivity (Wildman–Crippen MR) is 161 cm³/mol. The number of Topliss-reactive ketones (excluding diaryl/α,β-unsaturated/α-hetero) is 1. The van der Waals surface area contributed by atoms with Gasteiger partial charge in [0.05, 0.1) is 4.47 Å². The number of hydrogen-bond donors (Lipinski definition) is 1. The van der Waals surface area contributed by atoms with E-state index in [-0.39, 0.29) is 24.1 Å². The summed E-state index contributed by atoms with van der Waals surface area (Å²) in [7, 11) is 0. The maximum absolute atomic E-state index is 14.0. The lowest BCUT2D eigenvalue weighted by Crippen LogP contribution is -2.16. The van der Waals surface area contributed by atoms with E-state index in [1.54, 1.807) is 43.3 Å². The number of alkyl halides is 1. The fourth-order valence-corrected chi connectivity index (χ4v) is 4.68. The van der Waals surface area contributed by atoms with E-state index in [1.807, 2.05) is 39.0 Å². The summed E-state index contributed by atoms with van der Waals surface area (Å²) in [6.07, 6.45) is 2.12. The molecule has 210 valence electrons. The SMILES string of the molecule is C=C/C(C(=O)/C(C)=C/c1cc(OCC(C)F)c(Br)cc1C)=C(/N)C(C)c1ccc(Oc2ccccc2F)c(C)c1. The molecule has 0 amide bonds. The smallest absolute Gasteiger partial charge is 0.190 e. The van der Waals surface area contributed by atoms with Gasteiger partial charge in [-0.2, -0.15) is 0 Å². The Bertz CT molecular complexity index is 1480. The molecule has 2 N–H and O–H groups in total. The van der Waals surface area contributed by atoms with Gasteiger partial charge in [0.25, 0.3) is 0 Å². The highest BCUT2D eigenvalue weighted by Crippen LogP contribution is 2.33. The average molecular weight is 611 g/mol. The van der Waals surface area contributed by atoms with E-state index < -0.39 is 12.0 Å². The Hall–Kier alpha value is -3.71. The third kappa shape index (κ3) is 7.48. The summed E-state index contributed by atoms with van der Waals surface area (Å²) < 4.78 is 39.4. The number of halogens is 3. The number of nitrogens with two attached hydrogens (primary N) is 1. The van der Waals surface area contributed by atoms with E-state index in [0.717, 1.165) is 22.3 Å². The number of hydrogen-bond acceptors (Lipinski definition) is 4. The second-order valence-electron chi connectivity index (χ2n) is 9.74. The van der Waals surface area contributed by atoms with Gasteiger partial charge in [-0.1, -0.05) is 43.8 Å². The molecule has 0 saturated heterocycles. The van der Waals surface area contributed by atoms with E-state index in [0.29, 0.717) is 32.8 Å². The first-order chi connectivity index (χ1) is 18.9. The average Bonchev–Trinajstić information content (AvgIpc) is 2.91. The van der Waals surface area contributed by atoms with Crippen molar-refractivity contribution in [3.05, 3.63) is 117 Å². The van der Waals surface area contributed by atoms with Crippen molar-refractivity contribution in [3.8, 4) is 17.2 Å². The van der Waals surface area contributed by atoms with Crippen molar-refractivity contribution in [3.63, 3.8) is 0 Å². The van der Waals surface area contributed by atoms with Crippen LogP contribution in [0, 0.1) is 19.7 Å². The first-order valence-electron chi connectivity index (χ1n) is 12.9. The zero-order chi connectivity index (χ0) is 29.6. The second kappa shape index (κ2) is 13.6. The normalized spacial score (nSPS) is 13.8. The number of aryl methyl sites for hydroxylation is 2. The van der Waals surface area contributed by atoms with Crippen LogP contribution in [-0.2, 0) is 4.79 Å². The molecule has 0 saturated carbocycles. The van der Waals surface area contributed by atoms with Gasteiger partial charge in [0, 0.05) is 17.2 Å². The molecule has 0 aliphatic rings. The summed E-state index contributed by atoms with van der Waals surface area (Å²) in [5, 5.41) is 0. The van der Waals surface area contributed by atoms with Gasteiger partial charge in [0.2, 0.25) is 0 Å². The van der Waals surface area contributed by atoms with Crippen molar-refractivity contribution < 1.29 is 23.0 Å². The molecule has 3 aromatic carbocycles. The molecule has 0 radical (unpaired) electrons. The highest BCUT2D eigenvalue weighted by molar-refractivity contribution is 9.10. The minimum absolute atomic E-state index is 0.0732. The lowest BCUT2D eigenvalue weighted by atomic mass is 9.90. The number of carbonyl (C=O) groups excluding carboxylic acids is 1. The van der Waals surface area contributed by atoms with E-state index in [2.05, 4.69) is 22.5 Å². The van der Waals surface area contributed by atoms with Gasteiger partial charge >= 0.3 is 0 Å². The molecule has 2 unspecified atom stereocenters. The van der Waals surface area contributed by atoms with Crippen LogP contribution in [0.1, 0.15) is 48.9 Å². The molecule has 0 heterocycles. The maximum Gasteiger partial charge on any atom is 0.190 e. The number of para-hydroxylation sites is 1. The quantitative estimate of drug-likeness (QED) is 0.174. The molecule has 3 aromatic rings. The van der Waals surface area contributed by atoms with Crippen molar-refractivity contribution >= 4 is 27.8 Å². The van der Waals surface area contributed by atoms with Crippen LogP contribution >= 0.6 is 15.9 Å². The molecule has 0 fully saturated rings. The first kappa shape index (κ1) is 30.8. The van der Waals surface area contributed by atoms with Gasteiger partial charge in [0.1, 0.15) is 24.3 Å². The first-order valence-corrected chi connectivity index (χ1v) is 13.7. The lowest BCUT2D eigenvalue weighted by Gasteiger charge is -2.18. The Balaban J connectivity index is 1.87. The van der Waals surface area contributed by atoms with Crippen LogP contribution in [0.4, 0.5) is 8.78 Å². The van der Waals surface area contributed by atoms with Gasteiger partial charge in [-0.15, -0.1) is 0 Å².